The Hall–Kier alpha value is -2.70. The van der Waals surface area contributed by atoms with E-state index in [4.69, 9.17) is 5.73 Å². The van der Waals surface area contributed by atoms with Crippen LogP contribution in [0.3, 0.4) is 0 Å². The first-order chi connectivity index (χ1) is 10.6. The van der Waals surface area contributed by atoms with E-state index in [1.165, 1.54) is 12.1 Å². The van der Waals surface area contributed by atoms with E-state index in [-0.39, 0.29) is 5.82 Å². The molecule has 2 aromatic heterocycles. The summed E-state index contributed by atoms with van der Waals surface area (Å²) in [6, 6.07) is 6.50. The number of benzene rings is 1. The third kappa shape index (κ3) is 2.57. The van der Waals surface area contributed by atoms with Crippen LogP contribution in [0.2, 0.25) is 0 Å². The molecule has 0 aliphatic rings. The van der Waals surface area contributed by atoms with E-state index in [0.29, 0.717) is 30.5 Å². The van der Waals surface area contributed by atoms with Crippen molar-refractivity contribution in [3.05, 3.63) is 41.8 Å². The smallest absolute Gasteiger partial charge is 0.229 e. The number of nitrogens with zero attached hydrogens (tertiary/aromatic N) is 5. The van der Waals surface area contributed by atoms with E-state index in [2.05, 4.69) is 15.1 Å². The molecule has 2 heterocycles. The van der Waals surface area contributed by atoms with Crippen LogP contribution in [0.4, 0.5) is 16.2 Å². The normalized spacial score (nSPS) is 11.0. The van der Waals surface area contributed by atoms with Crippen LogP contribution in [0, 0.1) is 5.82 Å². The predicted molar refractivity (Wildman–Crippen MR) is 83.8 cm³/mol. The van der Waals surface area contributed by atoms with Crippen molar-refractivity contribution in [1.82, 2.24) is 19.7 Å². The minimum atomic E-state index is -0.254. The zero-order chi connectivity index (χ0) is 15.7. The van der Waals surface area contributed by atoms with Crippen molar-refractivity contribution in [2.24, 2.45) is 7.05 Å². The number of nitrogens with two attached hydrogens (primary N) is 1. The monoisotopic (exact) mass is 300 g/mol. The fourth-order valence-electron chi connectivity index (χ4n) is 2.35. The van der Waals surface area contributed by atoms with Crippen LogP contribution in [-0.2, 0) is 13.6 Å². The van der Waals surface area contributed by atoms with Crippen molar-refractivity contribution in [3.63, 3.8) is 0 Å². The van der Waals surface area contributed by atoms with Crippen LogP contribution in [-0.4, -0.2) is 26.3 Å². The summed E-state index contributed by atoms with van der Waals surface area (Å²) in [4.78, 5) is 10.8. The van der Waals surface area contributed by atoms with Gasteiger partial charge in [0.25, 0.3) is 0 Å². The summed E-state index contributed by atoms with van der Waals surface area (Å²) in [6.07, 6.45) is 1.65. The largest absolute Gasteiger partial charge is 0.383 e. The number of anilines is 2. The topological polar surface area (TPSA) is 72.9 Å². The Morgan fingerprint density at radius 1 is 1.32 bits per heavy atom. The van der Waals surface area contributed by atoms with Gasteiger partial charge in [0.2, 0.25) is 5.95 Å². The van der Waals surface area contributed by atoms with Gasteiger partial charge in [-0.05, 0) is 24.6 Å². The average molecular weight is 300 g/mol. The number of aromatic nitrogens is 4. The van der Waals surface area contributed by atoms with E-state index >= 15 is 0 Å². The summed E-state index contributed by atoms with van der Waals surface area (Å²) < 4.78 is 15.0. The minimum Gasteiger partial charge on any atom is -0.383 e. The highest BCUT2D eigenvalue weighted by Crippen LogP contribution is 2.21. The molecule has 0 atom stereocenters. The molecule has 114 valence electrons. The molecule has 0 radical (unpaired) electrons. The Morgan fingerprint density at radius 3 is 2.86 bits per heavy atom. The van der Waals surface area contributed by atoms with Gasteiger partial charge in [-0.15, -0.1) is 0 Å². The zero-order valence-electron chi connectivity index (χ0n) is 12.5. The van der Waals surface area contributed by atoms with Crippen molar-refractivity contribution < 1.29 is 4.39 Å². The first kappa shape index (κ1) is 14.2. The summed E-state index contributed by atoms with van der Waals surface area (Å²) in [7, 11) is 1.81. The number of rotatable bonds is 4. The van der Waals surface area contributed by atoms with Gasteiger partial charge in [0.1, 0.15) is 11.6 Å². The fourth-order valence-corrected chi connectivity index (χ4v) is 2.35. The second-order valence-corrected chi connectivity index (χ2v) is 5.06. The second-order valence-electron chi connectivity index (χ2n) is 5.06. The lowest BCUT2D eigenvalue weighted by Gasteiger charge is -2.21. The standard InChI is InChI=1S/C15H17FN6/c1-3-22(9-10-5-4-6-11(16)7-10)15-19-13(17)12-8-18-21(2)14(12)20-15/h4-8H,3,9H2,1-2H3,(H2,17,19,20). The Balaban J connectivity index is 1.98. The molecule has 6 nitrogen and oxygen atoms in total. The number of nitrogen functional groups attached to an aromatic ring is 1. The van der Waals surface area contributed by atoms with Crippen molar-refractivity contribution in [2.75, 3.05) is 17.2 Å². The van der Waals surface area contributed by atoms with Crippen LogP contribution in [0.25, 0.3) is 11.0 Å². The first-order valence-corrected chi connectivity index (χ1v) is 7.03. The molecule has 1 aromatic carbocycles. The lowest BCUT2D eigenvalue weighted by molar-refractivity contribution is 0.624. The van der Waals surface area contributed by atoms with Crippen LogP contribution >= 0.6 is 0 Å². The number of aryl methyl sites for hydroxylation is 1. The maximum absolute atomic E-state index is 13.3. The number of hydrogen-bond acceptors (Lipinski definition) is 5. The van der Waals surface area contributed by atoms with Crippen LogP contribution in [0.15, 0.2) is 30.5 Å². The van der Waals surface area contributed by atoms with Gasteiger partial charge in [0.15, 0.2) is 5.65 Å². The summed E-state index contributed by atoms with van der Waals surface area (Å²) in [5, 5.41) is 4.87. The van der Waals surface area contributed by atoms with Gasteiger partial charge in [-0.25, -0.2) is 4.39 Å². The molecule has 2 N–H and O–H groups in total. The van der Waals surface area contributed by atoms with Crippen LogP contribution in [0.5, 0.6) is 0 Å². The van der Waals surface area contributed by atoms with E-state index in [1.807, 2.05) is 17.9 Å². The molecule has 3 rings (SSSR count). The molecule has 0 fully saturated rings. The molecule has 3 aromatic rings. The third-order valence-corrected chi connectivity index (χ3v) is 3.54. The quantitative estimate of drug-likeness (QED) is 0.799. The molecule has 7 heteroatoms. The molecule has 0 aliphatic heterocycles. The maximum atomic E-state index is 13.3. The minimum absolute atomic E-state index is 0.254. The lowest BCUT2D eigenvalue weighted by atomic mass is 10.2. The summed E-state index contributed by atoms with van der Waals surface area (Å²) in [6.45, 7) is 3.18. The van der Waals surface area contributed by atoms with Gasteiger partial charge in [-0.3, -0.25) is 4.68 Å². The average Bonchev–Trinajstić information content (AvgIpc) is 2.87. The van der Waals surface area contributed by atoms with Gasteiger partial charge in [-0.2, -0.15) is 15.1 Å². The fraction of sp³-hybridized carbons (Fsp3) is 0.267. The zero-order valence-corrected chi connectivity index (χ0v) is 12.5. The highest BCUT2D eigenvalue weighted by atomic mass is 19.1. The summed E-state index contributed by atoms with van der Waals surface area (Å²) >= 11 is 0. The highest BCUT2D eigenvalue weighted by Gasteiger charge is 2.14. The molecule has 0 unspecified atom stereocenters. The van der Waals surface area contributed by atoms with Gasteiger partial charge in [0, 0.05) is 20.1 Å². The van der Waals surface area contributed by atoms with Gasteiger partial charge < -0.3 is 10.6 Å². The van der Waals surface area contributed by atoms with Crippen LogP contribution in [0.1, 0.15) is 12.5 Å². The Kier molecular flexibility index (Phi) is 3.62. The van der Waals surface area contributed by atoms with E-state index in [1.54, 1.807) is 24.0 Å². The maximum Gasteiger partial charge on any atom is 0.229 e. The number of hydrogen-bond donors (Lipinski definition) is 1. The molecule has 0 bridgehead atoms. The van der Waals surface area contributed by atoms with Gasteiger partial charge in [-0.1, -0.05) is 12.1 Å². The summed E-state index contributed by atoms with van der Waals surface area (Å²) in [5.41, 5.74) is 7.53. The van der Waals surface area contributed by atoms with Gasteiger partial charge in [0.05, 0.1) is 11.6 Å². The predicted octanol–water partition coefficient (Wildman–Crippen LogP) is 2.11. The van der Waals surface area contributed by atoms with Crippen LogP contribution < -0.4 is 10.6 Å². The van der Waals surface area contributed by atoms with Crippen molar-refractivity contribution in [1.29, 1.82) is 0 Å². The van der Waals surface area contributed by atoms with Crippen molar-refractivity contribution in [2.45, 2.75) is 13.5 Å². The van der Waals surface area contributed by atoms with E-state index in [0.717, 1.165) is 10.9 Å². The summed E-state index contributed by atoms with van der Waals surface area (Å²) in [5.74, 6) is 0.655. The van der Waals surface area contributed by atoms with E-state index < -0.39 is 0 Å². The molecule has 0 aliphatic carbocycles. The lowest BCUT2D eigenvalue weighted by Crippen LogP contribution is -2.24. The highest BCUT2D eigenvalue weighted by molar-refractivity contribution is 5.86. The van der Waals surface area contributed by atoms with Crippen molar-refractivity contribution in [3.8, 4) is 0 Å². The first-order valence-electron chi connectivity index (χ1n) is 7.03. The Morgan fingerprint density at radius 2 is 2.14 bits per heavy atom. The molecule has 0 saturated carbocycles. The third-order valence-electron chi connectivity index (χ3n) is 3.54. The molecular formula is C15H17FN6. The van der Waals surface area contributed by atoms with Crippen molar-refractivity contribution >= 4 is 22.8 Å². The SMILES string of the molecule is CCN(Cc1cccc(F)c1)c1nc(N)c2cnn(C)c2n1. The Bertz CT molecular complexity index is 813. The molecule has 22 heavy (non-hydrogen) atoms. The number of fused-ring (bicyclic) bond motifs is 1. The molecular weight excluding hydrogens is 283 g/mol. The number of halogens is 1. The Labute approximate surface area is 127 Å². The van der Waals surface area contributed by atoms with E-state index in [9.17, 15) is 4.39 Å². The second kappa shape index (κ2) is 5.59. The molecule has 0 saturated heterocycles. The molecule has 0 spiro atoms. The van der Waals surface area contributed by atoms with Gasteiger partial charge >= 0.3 is 0 Å². The molecule has 0 amide bonds.